The van der Waals surface area contributed by atoms with E-state index in [1.807, 2.05) is 0 Å². The predicted octanol–water partition coefficient (Wildman–Crippen LogP) is 1.73. The first-order valence-corrected chi connectivity index (χ1v) is 6.78. The lowest BCUT2D eigenvalue weighted by atomic mass is 9.99. The summed E-state index contributed by atoms with van der Waals surface area (Å²) in [6.07, 6.45) is 5.11. The number of urea groups is 1. The van der Waals surface area contributed by atoms with Crippen molar-refractivity contribution in [1.29, 1.82) is 0 Å². The third-order valence-corrected chi connectivity index (χ3v) is 4.13. The van der Waals surface area contributed by atoms with E-state index in [1.54, 1.807) is 6.92 Å². The minimum Gasteiger partial charge on any atom is -0.480 e. The number of aliphatic carboxylic acids is 1. The summed E-state index contributed by atoms with van der Waals surface area (Å²) in [5.41, 5.74) is -1.18. The minimum absolute atomic E-state index is 0.250. The summed E-state index contributed by atoms with van der Waals surface area (Å²) in [5.74, 6) is 0.233. The summed E-state index contributed by atoms with van der Waals surface area (Å²) in [6, 6.07) is -0.0922. The Kier molecular flexibility index (Phi) is 3.50. The van der Waals surface area contributed by atoms with Gasteiger partial charge in [0.05, 0.1) is 0 Å². The average molecular weight is 254 g/mol. The Hall–Kier alpha value is -1.26. The number of carboxylic acids is 1. The number of nitrogens with one attached hydrogen (secondary N) is 2. The Morgan fingerprint density at radius 3 is 2.11 bits per heavy atom. The standard InChI is InChI=1S/C13H22N2O3/c1-3-13(2,11(16)17)15-12(18)14-10(8-4-5-8)9-6-7-9/h8-10H,3-7H2,1-2H3,(H,16,17)(H2,14,15,18). The maximum atomic E-state index is 11.9. The van der Waals surface area contributed by atoms with Crippen LogP contribution in [-0.2, 0) is 4.79 Å². The van der Waals surface area contributed by atoms with Gasteiger partial charge in [0.25, 0.3) is 0 Å². The molecule has 2 saturated carbocycles. The molecule has 2 aliphatic carbocycles. The summed E-state index contributed by atoms with van der Waals surface area (Å²) < 4.78 is 0. The van der Waals surface area contributed by atoms with Crippen molar-refractivity contribution >= 4 is 12.0 Å². The van der Waals surface area contributed by atoms with Gasteiger partial charge in [0, 0.05) is 6.04 Å². The zero-order valence-electron chi connectivity index (χ0n) is 11.0. The molecule has 2 amide bonds. The predicted molar refractivity (Wildman–Crippen MR) is 67.2 cm³/mol. The van der Waals surface area contributed by atoms with Gasteiger partial charge in [-0.25, -0.2) is 9.59 Å². The largest absolute Gasteiger partial charge is 0.480 e. The van der Waals surface area contributed by atoms with Gasteiger partial charge in [0.2, 0.25) is 0 Å². The zero-order chi connectivity index (χ0) is 13.3. The van der Waals surface area contributed by atoms with Crippen molar-refractivity contribution in [2.75, 3.05) is 0 Å². The molecule has 0 heterocycles. The molecule has 2 fully saturated rings. The lowest BCUT2D eigenvalue weighted by molar-refractivity contribution is -0.143. The lowest BCUT2D eigenvalue weighted by Gasteiger charge is -2.27. The highest BCUT2D eigenvalue weighted by atomic mass is 16.4. The van der Waals surface area contributed by atoms with Gasteiger partial charge in [0.1, 0.15) is 5.54 Å². The average Bonchev–Trinajstić information content (AvgIpc) is 3.17. The van der Waals surface area contributed by atoms with Gasteiger partial charge in [0.15, 0.2) is 0 Å². The molecule has 2 rings (SSSR count). The molecule has 0 saturated heterocycles. The highest BCUT2D eigenvalue weighted by molar-refractivity contribution is 5.85. The Bertz CT molecular complexity index is 338. The van der Waals surface area contributed by atoms with Crippen molar-refractivity contribution in [3.05, 3.63) is 0 Å². The van der Waals surface area contributed by atoms with Crippen LogP contribution in [0.2, 0.25) is 0 Å². The molecule has 0 aromatic heterocycles. The molecule has 18 heavy (non-hydrogen) atoms. The first-order chi connectivity index (χ1) is 8.46. The highest BCUT2D eigenvalue weighted by Gasteiger charge is 2.43. The Morgan fingerprint density at radius 2 is 1.78 bits per heavy atom. The van der Waals surface area contributed by atoms with E-state index in [4.69, 9.17) is 5.11 Å². The quantitative estimate of drug-likeness (QED) is 0.675. The van der Waals surface area contributed by atoms with Crippen LogP contribution in [0.4, 0.5) is 4.79 Å². The molecule has 0 radical (unpaired) electrons. The second-order valence-corrected chi connectivity index (χ2v) is 5.79. The van der Waals surface area contributed by atoms with Gasteiger partial charge in [-0.3, -0.25) is 0 Å². The van der Waals surface area contributed by atoms with Crippen LogP contribution >= 0.6 is 0 Å². The van der Waals surface area contributed by atoms with Crippen molar-refractivity contribution in [2.24, 2.45) is 11.8 Å². The van der Waals surface area contributed by atoms with E-state index in [1.165, 1.54) is 32.6 Å². The van der Waals surface area contributed by atoms with E-state index < -0.39 is 11.5 Å². The van der Waals surface area contributed by atoms with E-state index in [0.29, 0.717) is 18.3 Å². The smallest absolute Gasteiger partial charge is 0.329 e. The normalized spacial score (nSPS) is 22.4. The van der Waals surface area contributed by atoms with Crippen molar-refractivity contribution in [3.8, 4) is 0 Å². The fourth-order valence-electron chi connectivity index (χ4n) is 2.26. The SMILES string of the molecule is CCC(C)(NC(=O)NC(C1CC1)C1CC1)C(=O)O. The zero-order valence-corrected chi connectivity index (χ0v) is 11.0. The van der Waals surface area contributed by atoms with Crippen molar-refractivity contribution < 1.29 is 14.7 Å². The maximum Gasteiger partial charge on any atom is 0.329 e. The molecule has 1 atom stereocenters. The number of hydrogen-bond donors (Lipinski definition) is 3. The lowest BCUT2D eigenvalue weighted by Crippen LogP contribution is -2.56. The van der Waals surface area contributed by atoms with E-state index in [-0.39, 0.29) is 12.1 Å². The van der Waals surface area contributed by atoms with Crippen LogP contribution in [0.15, 0.2) is 0 Å². The van der Waals surface area contributed by atoms with Crippen LogP contribution in [0, 0.1) is 11.8 Å². The molecule has 102 valence electrons. The summed E-state index contributed by atoms with van der Waals surface area (Å²) in [5, 5.41) is 14.7. The van der Waals surface area contributed by atoms with Gasteiger partial charge in [-0.1, -0.05) is 6.92 Å². The summed E-state index contributed by atoms with van der Waals surface area (Å²) >= 11 is 0. The maximum absolute atomic E-state index is 11.9. The topological polar surface area (TPSA) is 78.4 Å². The molecule has 0 aromatic carbocycles. The van der Waals surface area contributed by atoms with Gasteiger partial charge in [-0.15, -0.1) is 0 Å². The van der Waals surface area contributed by atoms with Crippen LogP contribution in [0.3, 0.4) is 0 Å². The molecular formula is C13H22N2O3. The van der Waals surface area contributed by atoms with Crippen LogP contribution in [0.5, 0.6) is 0 Å². The van der Waals surface area contributed by atoms with Crippen LogP contribution in [0.25, 0.3) is 0 Å². The number of carboxylic acid groups (broad SMARTS) is 1. The van der Waals surface area contributed by atoms with E-state index in [2.05, 4.69) is 10.6 Å². The van der Waals surface area contributed by atoms with E-state index in [9.17, 15) is 9.59 Å². The van der Waals surface area contributed by atoms with Crippen LogP contribution < -0.4 is 10.6 Å². The van der Waals surface area contributed by atoms with E-state index in [0.717, 1.165) is 0 Å². The Labute approximate surface area is 107 Å². The minimum atomic E-state index is -1.18. The summed E-state index contributed by atoms with van der Waals surface area (Å²) in [6.45, 7) is 3.30. The second-order valence-electron chi connectivity index (χ2n) is 5.79. The number of amides is 2. The summed E-state index contributed by atoms with van der Waals surface area (Å²) in [4.78, 5) is 23.0. The molecule has 0 bridgehead atoms. The summed E-state index contributed by atoms with van der Waals surface area (Å²) in [7, 11) is 0. The molecule has 0 aromatic rings. The highest BCUT2D eigenvalue weighted by Crippen LogP contribution is 2.44. The van der Waals surface area contributed by atoms with Crippen molar-refractivity contribution in [3.63, 3.8) is 0 Å². The van der Waals surface area contributed by atoms with Crippen LogP contribution in [0.1, 0.15) is 46.0 Å². The Balaban J connectivity index is 1.88. The number of carbonyl (C=O) groups excluding carboxylic acids is 1. The van der Waals surface area contributed by atoms with Gasteiger partial charge < -0.3 is 15.7 Å². The molecule has 1 unspecified atom stereocenters. The Morgan fingerprint density at radius 1 is 1.28 bits per heavy atom. The molecule has 5 heteroatoms. The van der Waals surface area contributed by atoms with Gasteiger partial charge >= 0.3 is 12.0 Å². The molecule has 2 aliphatic rings. The number of hydrogen-bond acceptors (Lipinski definition) is 2. The van der Waals surface area contributed by atoms with Crippen LogP contribution in [-0.4, -0.2) is 28.7 Å². The number of rotatable bonds is 6. The third kappa shape index (κ3) is 2.94. The fourth-order valence-corrected chi connectivity index (χ4v) is 2.26. The second kappa shape index (κ2) is 4.78. The molecule has 5 nitrogen and oxygen atoms in total. The van der Waals surface area contributed by atoms with Gasteiger partial charge in [-0.05, 0) is 50.9 Å². The third-order valence-electron chi connectivity index (χ3n) is 4.13. The number of carbonyl (C=O) groups is 2. The van der Waals surface area contributed by atoms with E-state index >= 15 is 0 Å². The molecule has 3 N–H and O–H groups in total. The molecule has 0 aliphatic heterocycles. The molecule has 0 spiro atoms. The van der Waals surface area contributed by atoms with Crippen molar-refractivity contribution in [1.82, 2.24) is 10.6 Å². The first-order valence-electron chi connectivity index (χ1n) is 6.78. The van der Waals surface area contributed by atoms with Crippen molar-refractivity contribution in [2.45, 2.75) is 57.5 Å². The first kappa shape index (κ1) is 13.2. The van der Waals surface area contributed by atoms with Gasteiger partial charge in [-0.2, -0.15) is 0 Å². The molecular weight excluding hydrogens is 232 g/mol. The fraction of sp³-hybridized carbons (Fsp3) is 0.846. The monoisotopic (exact) mass is 254 g/mol.